The average molecular weight is 389 g/mol. The molecule has 4 rings (SSSR count). The number of nitrogens with one attached hydrogen (secondary N) is 1. The molecule has 3 aromatic rings. The van der Waals surface area contributed by atoms with E-state index < -0.39 is 0 Å². The molecule has 7 nitrogen and oxygen atoms in total. The first-order valence-electron chi connectivity index (χ1n) is 9.55. The quantitative estimate of drug-likeness (QED) is 0.723. The molecule has 0 saturated carbocycles. The molecule has 148 valence electrons. The summed E-state index contributed by atoms with van der Waals surface area (Å²) < 4.78 is 5.11. The Morgan fingerprint density at radius 1 is 0.897 bits per heavy atom. The Kier molecular flexibility index (Phi) is 5.56. The molecule has 2 aromatic carbocycles. The predicted octanol–water partition coefficient (Wildman–Crippen LogP) is 3.06. The third-order valence-electron chi connectivity index (χ3n) is 4.93. The molecule has 1 saturated heterocycles. The number of para-hydroxylation sites is 1. The minimum absolute atomic E-state index is 0.208. The van der Waals surface area contributed by atoms with Gasteiger partial charge in [0, 0.05) is 37.4 Å². The van der Waals surface area contributed by atoms with Crippen molar-refractivity contribution in [3.63, 3.8) is 0 Å². The van der Waals surface area contributed by atoms with Crippen LogP contribution in [0.1, 0.15) is 10.4 Å². The molecule has 0 atom stereocenters. The highest BCUT2D eigenvalue weighted by atomic mass is 16.5. The van der Waals surface area contributed by atoms with Crippen molar-refractivity contribution in [2.75, 3.05) is 48.4 Å². The summed E-state index contributed by atoms with van der Waals surface area (Å²) in [5, 5.41) is 2.82. The third kappa shape index (κ3) is 4.45. The first kappa shape index (κ1) is 18.7. The van der Waals surface area contributed by atoms with Crippen molar-refractivity contribution in [3.8, 4) is 5.75 Å². The summed E-state index contributed by atoms with van der Waals surface area (Å²) in [4.78, 5) is 25.7. The fraction of sp³-hybridized carbons (Fsp3) is 0.227. The number of ether oxygens (including phenoxy) is 1. The van der Waals surface area contributed by atoms with Crippen LogP contribution in [0.3, 0.4) is 0 Å². The number of aromatic nitrogens is 2. The molecule has 1 aliphatic rings. The highest BCUT2D eigenvalue weighted by molar-refractivity contribution is 6.04. The first-order valence-corrected chi connectivity index (χ1v) is 9.55. The largest absolute Gasteiger partial charge is 0.497 e. The minimum atomic E-state index is -0.208. The molecular weight excluding hydrogens is 366 g/mol. The number of piperazine rings is 1. The topological polar surface area (TPSA) is 70.6 Å². The number of carbonyl (C=O) groups is 1. The van der Waals surface area contributed by atoms with E-state index in [0.29, 0.717) is 22.9 Å². The van der Waals surface area contributed by atoms with Crippen LogP contribution < -0.4 is 19.9 Å². The van der Waals surface area contributed by atoms with Gasteiger partial charge in [0.05, 0.1) is 25.2 Å². The van der Waals surface area contributed by atoms with Crippen molar-refractivity contribution < 1.29 is 9.53 Å². The molecule has 0 unspecified atom stereocenters. The van der Waals surface area contributed by atoms with E-state index in [2.05, 4.69) is 49.4 Å². The molecule has 7 heteroatoms. The van der Waals surface area contributed by atoms with E-state index in [1.807, 2.05) is 6.07 Å². The van der Waals surface area contributed by atoms with E-state index in [1.165, 1.54) is 5.69 Å². The monoisotopic (exact) mass is 389 g/mol. The van der Waals surface area contributed by atoms with Gasteiger partial charge in [-0.15, -0.1) is 0 Å². The summed E-state index contributed by atoms with van der Waals surface area (Å²) >= 11 is 0. The number of methoxy groups -OCH3 is 1. The number of hydrogen-bond donors (Lipinski definition) is 1. The lowest BCUT2D eigenvalue weighted by Gasteiger charge is -2.36. The van der Waals surface area contributed by atoms with Crippen LogP contribution in [0.25, 0.3) is 0 Å². The second-order valence-electron chi connectivity index (χ2n) is 6.76. The second kappa shape index (κ2) is 8.60. The number of rotatable bonds is 5. The van der Waals surface area contributed by atoms with E-state index in [0.717, 1.165) is 26.2 Å². The highest BCUT2D eigenvalue weighted by Gasteiger charge is 2.19. The Morgan fingerprint density at radius 2 is 1.52 bits per heavy atom. The summed E-state index contributed by atoms with van der Waals surface area (Å²) in [5.74, 6) is 1.18. The number of nitrogens with zero attached hydrogens (tertiary/aromatic N) is 4. The van der Waals surface area contributed by atoms with E-state index in [-0.39, 0.29) is 5.91 Å². The van der Waals surface area contributed by atoms with Gasteiger partial charge < -0.3 is 19.9 Å². The lowest BCUT2D eigenvalue weighted by atomic mass is 10.2. The Balaban J connectivity index is 1.34. The summed E-state index contributed by atoms with van der Waals surface area (Å²) in [6.07, 6.45) is 3.29. The molecule has 29 heavy (non-hydrogen) atoms. The zero-order valence-electron chi connectivity index (χ0n) is 16.3. The van der Waals surface area contributed by atoms with Gasteiger partial charge in [0.2, 0.25) is 5.95 Å². The molecule has 1 fully saturated rings. The maximum Gasteiger partial charge on any atom is 0.255 e. The maximum absolute atomic E-state index is 12.3. The predicted molar refractivity (Wildman–Crippen MR) is 114 cm³/mol. The summed E-state index contributed by atoms with van der Waals surface area (Å²) in [5.41, 5.74) is 2.36. The fourth-order valence-corrected chi connectivity index (χ4v) is 3.30. The zero-order chi connectivity index (χ0) is 20.1. The van der Waals surface area contributed by atoms with Crippen molar-refractivity contribution in [2.24, 2.45) is 0 Å². The van der Waals surface area contributed by atoms with Crippen molar-refractivity contribution in [2.45, 2.75) is 0 Å². The van der Waals surface area contributed by atoms with Gasteiger partial charge >= 0.3 is 0 Å². The maximum atomic E-state index is 12.3. The van der Waals surface area contributed by atoms with Gasteiger partial charge in [0.1, 0.15) is 5.75 Å². The van der Waals surface area contributed by atoms with Gasteiger partial charge in [-0.25, -0.2) is 9.97 Å². The number of amides is 1. The van der Waals surface area contributed by atoms with Crippen LogP contribution in [-0.2, 0) is 0 Å². The van der Waals surface area contributed by atoms with Gasteiger partial charge in [-0.05, 0) is 36.4 Å². The molecule has 1 aromatic heterocycles. The van der Waals surface area contributed by atoms with Crippen LogP contribution >= 0.6 is 0 Å². The molecule has 2 heterocycles. The van der Waals surface area contributed by atoms with Crippen LogP contribution in [0.5, 0.6) is 5.75 Å². The Hall–Kier alpha value is -3.61. The van der Waals surface area contributed by atoms with Gasteiger partial charge in [0.25, 0.3) is 5.91 Å². The van der Waals surface area contributed by atoms with Crippen LogP contribution in [0.4, 0.5) is 17.3 Å². The summed E-state index contributed by atoms with van der Waals surface area (Å²) in [7, 11) is 1.59. The third-order valence-corrected chi connectivity index (χ3v) is 4.93. The smallest absolute Gasteiger partial charge is 0.255 e. The standard InChI is InChI=1S/C22H23N5O2/c1-29-20-9-7-17(8-10-20)21(28)25-18-15-23-22(24-16-18)27-13-11-26(12-14-27)19-5-3-2-4-6-19/h2-10,15-16H,11-14H2,1H3,(H,25,28). The van der Waals surface area contributed by atoms with Crippen LogP contribution in [0.2, 0.25) is 0 Å². The SMILES string of the molecule is COc1ccc(C(=O)Nc2cnc(N3CCN(c4ccccc4)CC3)nc2)cc1. The number of anilines is 3. The van der Waals surface area contributed by atoms with Crippen molar-refractivity contribution >= 4 is 23.2 Å². The van der Waals surface area contributed by atoms with Crippen LogP contribution in [-0.4, -0.2) is 49.2 Å². The molecule has 0 radical (unpaired) electrons. The summed E-state index contributed by atoms with van der Waals surface area (Å²) in [6.45, 7) is 3.55. The van der Waals surface area contributed by atoms with Crippen molar-refractivity contribution in [3.05, 3.63) is 72.6 Å². The highest BCUT2D eigenvalue weighted by Crippen LogP contribution is 2.19. The Morgan fingerprint density at radius 3 is 2.14 bits per heavy atom. The Bertz CT molecular complexity index is 937. The van der Waals surface area contributed by atoms with Crippen molar-refractivity contribution in [1.29, 1.82) is 0 Å². The lowest BCUT2D eigenvalue weighted by molar-refractivity contribution is 0.102. The van der Waals surface area contributed by atoms with E-state index in [4.69, 9.17) is 4.74 Å². The molecule has 0 spiro atoms. The molecular formula is C22H23N5O2. The molecule has 1 N–H and O–H groups in total. The lowest BCUT2D eigenvalue weighted by Crippen LogP contribution is -2.47. The number of carbonyl (C=O) groups excluding carboxylic acids is 1. The Labute approximate surface area is 170 Å². The summed E-state index contributed by atoms with van der Waals surface area (Å²) in [6, 6.07) is 17.4. The van der Waals surface area contributed by atoms with Crippen molar-refractivity contribution in [1.82, 2.24) is 9.97 Å². The van der Waals surface area contributed by atoms with E-state index in [9.17, 15) is 4.79 Å². The normalized spacial score (nSPS) is 13.8. The van der Waals surface area contributed by atoms with E-state index >= 15 is 0 Å². The van der Waals surface area contributed by atoms with Gasteiger partial charge in [0.15, 0.2) is 0 Å². The average Bonchev–Trinajstić information content (AvgIpc) is 2.80. The number of hydrogen-bond acceptors (Lipinski definition) is 6. The van der Waals surface area contributed by atoms with E-state index in [1.54, 1.807) is 43.8 Å². The first-order chi connectivity index (χ1) is 14.2. The van der Waals surface area contributed by atoms with Gasteiger partial charge in [-0.3, -0.25) is 4.79 Å². The molecule has 0 bridgehead atoms. The zero-order valence-corrected chi connectivity index (χ0v) is 16.3. The second-order valence-corrected chi connectivity index (χ2v) is 6.76. The van der Waals surface area contributed by atoms with Gasteiger partial charge in [-0.2, -0.15) is 0 Å². The van der Waals surface area contributed by atoms with Crippen LogP contribution in [0, 0.1) is 0 Å². The molecule has 1 amide bonds. The fourth-order valence-electron chi connectivity index (χ4n) is 3.30. The molecule has 0 aliphatic carbocycles. The van der Waals surface area contributed by atoms with Gasteiger partial charge in [-0.1, -0.05) is 18.2 Å². The minimum Gasteiger partial charge on any atom is -0.497 e. The molecule has 1 aliphatic heterocycles. The van der Waals surface area contributed by atoms with Crippen LogP contribution in [0.15, 0.2) is 67.0 Å². The number of benzene rings is 2.